The molecule has 0 amide bonds. The average Bonchev–Trinajstić information content (AvgIpc) is 3.13. The smallest absolute Gasteiger partial charge is 0.269 e. The van der Waals surface area contributed by atoms with Gasteiger partial charge in [-0.25, -0.2) is 4.99 Å². The van der Waals surface area contributed by atoms with Crippen LogP contribution in [0.25, 0.3) is 0 Å². The van der Waals surface area contributed by atoms with Crippen molar-refractivity contribution in [3.05, 3.63) is 62.3 Å². The number of nitro groups is 1. The van der Waals surface area contributed by atoms with E-state index < -0.39 is 10.5 Å². The molecule has 0 aliphatic carbocycles. The topological polar surface area (TPSA) is 99.8 Å². The van der Waals surface area contributed by atoms with Crippen LogP contribution in [0.2, 0.25) is 0 Å². The summed E-state index contributed by atoms with van der Waals surface area (Å²) in [6.45, 7) is 5.10. The standard InChI is InChI=1S/C17H22N4O3S.HI/c1-3-18-16(20-12-17(2,22)14-8-9-25-11-14)19-10-13-4-6-15(7-5-13)21(23)24;/h4-9,11,22H,3,10,12H2,1-2H3,(H2,18,19,20);1H. The van der Waals surface area contributed by atoms with Crippen LogP contribution >= 0.6 is 35.3 Å². The van der Waals surface area contributed by atoms with Gasteiger partial charge in [-0.3, -0.25) is 10.1 Å². The third-order valence-corrected chi connectivity index (χ3v) is 4.34. The predicted molar refractivity (Wildman–Crippen MR) is 115 cm³/mol. The van der Waals surface area contributed by atoms with Crippen molar-refractivity contribution in [1.29, 1.82) is 0 Å². The lowest BCUT2D eigenvalue weighted by Gasteiger charge is -2.24. The predicted octanol–water partition coefficient (Wildman–Crippen LogP) is 3.24. The van der Waals surface area contributed by atoms with Crippen molar-refractivity contribution in [2.45, 2.75) is 26.0 Å². The Morgan fingerprint density at radius 3 is 2.54 bits per heavy atom. The molecular formula is C17H23IN4O3S. The molecule has 2 aromatic rings. The molecule has 0 saturated carbocycles. The molecule has 26 heavy (non-hydrogen) atoms. The molecule has 0 saturated heterocycles. The normalized spacial score (nSPS) is 13.4. The number of aliphatic hydroxyl groups is 1. The lowest BCUT2D eigenvalue weighted by molar-refractivity contribution is -0.384. The number of aliphatic imine (C=N–C) groups is 1. The van der Waals surface area contributed by atoms with E-state index in [4.69, 9.17) is 0 Å². The summed E-state index contributed by atoms with van der Waals surface area (Å²) in [5.74, 6) is 0.580. The zero-order chi connectivity index (χ0) is 18.3. The zero-order valence-corrected chi connectivity index (χ0v) is 17.8. The summed E-state index contributed by atoms with van der Waals surface area (Å²) in [6, 6.07) is 8.20. The molecule has 0 aliphatic heterocycles. The van der Waals surface area contributed by atoms with Crippen molar-refractivity contribution in [2.75, 3.05) is 13.1 Å². The van der Waals surface area contributed by atoms with Gasteiger partial charge >= 0.3 is 0 Å². The van der Waals surface area contributed by atoms with Crippen LogP contribution in [0.3, 0.4) is 0 Å². The van der Waals surface area contributed by atoms with Gasteiger partial charge in [0.2, 0.25) is 0 Å². The summed E-state index contributed by atoms with van der Waals surface area (Å²) >= 11 is 1.54. The number of hydrogen-bond acceptors (Lipinski definition) is 5. The third-order valence-electron chi connectivity index (χ3n) is 3.65. The molecule has 2 rings (SSSR count). The number of rotatable bonds is 7. The van der Waals surface area contributed by atoms with E-state index in [2.05, 4.69) is 15.6 Å². The van der Waals surface area contributed by atoms with E-state index in [0.29, 0.717) is 25.6 Å². The van der Waals surface area contributed by atoms with Crippen molar-refractivity contribution >= 4 is 47.0 Å². The summed E-state index contributed by atoms with van der Waals surface area (Å²) in [5, 5.41) is 31.3. The first kappa shape index (κ1) is 22.3. The Kier molecular flexibility index (Phi) is 8.96. The molecule has 1 atom stereocenters. The molecule has 3 N–H and O–H groups in total. The second-order valence-electron chi connectivity index (χ2n) is 5.76. The highest BCUT2D eigenvalue weighted by molar-refractivity contribution is 14.0. The number of nitro benzene ring substituents is 1. The highest BCUT2D eigenvalue weighted by Gasteiger charge is 2.23. The van der Waals surface area contributed by atoms with Crippen LogP contribution in [0, 0.1) is 10.1 Å². The number of halogens is 1. The Morgan fingerprint density at radius 1 is 1.31 bits per heavy atom. The molecular weight excluding hydrogens is 467 g/mol. The Morgan fingerprint density at radius 2 is 2.00 bits per heavy atom. The van der Waals surface area contributed by atoms with Gasteiger partial charge in [-0.15, -0.1) is 24.0 Å². The van der Waals surface area contributed by atoms with E-state index in [1.807, 2.05) is 23.8 Å². The Bertz CT molecular complexity index is 718. The maximum Gasteiger partial charge on any atom is 0.269 e. The lowest BCUT2D eigenvalue weighted by Crippen LogP contribution is -2.44. The number of nitrogens with one attached hydrogen (secondary N) is 2. The number of non-ortho nitro benzene ring substituents is 1. The van der Waals surface area contributed by atoms with Gasteiger partial charge in [0, 0.05) is 18.7 Å². The summed E-state index contributed by atoms with van der Waals surface area (Å²) in [5.41, 5.74) is 0.789. The fraction of sp³-hybridized carbons (Fsp3) is 0.353. The number of nitrogens with zero attached hydrogens (tertiary/aromatic N) is 2. The summed E-state index contributed by atoms with van der Waals surface area (Å²) in [7, 11) is 0. The van der Waals surface area contributed by atoms with Crippen LogP contribution in [0.4, 0.5) is 5.69 Å². The lowest BCUT2D eigenvalue weighted by atomic mass is 9.99. The van der Waals surface area contributed by atoms with Gasteiger partial charge in [0.25, 0.3) is 5.69 Å². The van der Waals surface area contributed by atoms with E-state index in [1.54, 1.807) is 30.4 Å². The van der Waals surface area contributed by atoms with Crippen LogP contribution in [0.15, 0.2) is 46.1 Å². The first-order valence-electron chi connectivity index (χ1n) is 7.93. The number of hydrogen-bond donors (Lipinski definition) is 3. The monoisotopic (exact) mass is 490 g/mol. The van der Waals surface area contributed by atoms with Crippen molar-refractivity contribution in [2.24, 2.45) is 4.99 Å². The van der Waals surface area contributed by atoms with Crippen molar-refractivity contribution in [3.63, 3.8) is 0 Å². The SMILES string of the molecule is CCNC(=NCc1ccc([N+](=O)[O-])cc1)NCC(C)(O)c1ccsc1.I. The van der Waals surface area contributed by atoms with Crippen LogP contribution < -0.4 is 10.6 Å². The second-order valence-corrected chi connectivity index (χ2v) is 6.54. The fourth-order valence-electron chi connectivity index (χ4n) is 2.16. The van der Waals surface area contributed by atoms with Crippen LogP contribution in [-0.4, -0.2) is 29.1 Å². The van der Waals surface area contributed by atoms with Crippen LogP contribution in [0.1, 0.15) is 25.0 Å². The molecule has 0 aliphatic rings. The highest BCUT2D eigenvalue weighted by Crippen LogP contribution is 2.22. The number of benzene rings is 1. The highest BCUT2D eigenvalue weighted by atomic mass is 127. The van der Waals surface area contributed by atoms with Gasteiger partial charge < -0.3 is 15.7 Å². The summed E-state index contributed by atoms with van der Waals surface area (Å²) in [4.78, 5) is 14.7. The van der Waals surface area contributed by atoms with E-state index in [-0.39, 0.29) is 29.7 Å². The Hall–Kier alpha value is -1.72. The molecule has 0 spiro atoms. The minimum Gasteiger partial charge on any atom is -0.384 e. The largest absolute Gasteiger partial charge is 0.384 e. The van der Waals surface area contributed by atoms with Crippen LogP contribution in [0.5, 0.6) is 0 Å². The number of guanidine groups is 1. The molecule has 142 valence electrons. The molecule has 9 heteroatoms. The molecule has 1 heterocycles. The summed E-state index contributed by atoms with van der Waals surface area (Å²) in [6.07, 6.45) is 0. The molecule has 0 fully saturated rings. The molecule has 1 aromatic heterocycles. The molecule has 1 unspecified atom stereocenters. The van der Waals surface area contributed by atoms with Crippen molar-refractivity contribution in [3.8, 4) is 0 Å². The minimum atomic E-state index is -0.996. The molecule has 0 radical (unpaired) electrons. The third kappa shape index (κ3) is 6.54. The Labute approximate surface area is 173 Å². The van der Waals surface area contributed by atoms with Gasteiger partial charge in [-0.1, -0.05) is 12.1 Å². The Balaban J connectivity index is 0.00000338. The molecule has 7 nitrogen and oxygen atoms in total. The van der Waals surface area contributed by atoms with E-state index in [0.717, 1.165) is 11.1 Å². The minimum absolute atomic E-state index is 0. The van der Waals surface area contributed by atoms with Crippen molar-refractivity contribution in [1.82, 2.24) is 10.6 Å². The number of thiophene rings is 1. The first-order valence-corrected chi connectivity index (χ1v) is 8.87. The van der Waals surface area contributed by atoms with E-state index in [1.165, 1.54) is 12.1 Å². The maximum absolute atomic E-state index is 10.7. The van der Waals surface area contributed by atoms with Gasteiger partial charge in [0.15, 0.2) is 5.96 Å². The quantitative estimate of drug-likeness (QED) is 0.182. The molecule has 1 aromatic carbocycles. The second kappa shape index (κ2) is 10.4. The van der Waals surface area contributed by atoms with Gasteiger partial charge in [-0.2, -0.15) is 11.3 Å². The maximum atomic E-state index is 10.7. The zero-order valence-electron chi connectivity index (χ0n) is 14.6. The van der Waals surface area contributed by atoms with E-state index in [9.17, 15) is 15.2 Å². The molecule has 0 bridgehead atoms. The van der Waals surface area contributed by atoms with Gasteiger partial charge in [0.1, 0.15) is 5.60 Å². The van der Waals surface area contributed by atoms with Gasteiger partial charge in [0.05, 0.1) is 18.0 Å². The van der Waals surface area contributed by atoms with Crippen molar-refractivity contribution < 1.29 is 10.0 Å². The van der Waals surface area contributed by atoms with E-state index >= 15 is 0 Å². The first-order chi connectivity index (χ1) is 11.9. The van der Waals surface area contributed by atoms with Gasteiger partial charge in [-0.05, 0) is 41.8 Å². The average molecular weight is 490 g/mol. The fourth-order valence-corrected chi connectivity index (χ4v) is 2.95. The summed E-state index contributed by atoms with van der Waals surface area (Å²) < 4.78 is 0. The van der Waals surface area contributed by atoms with Crippen LogP contribution in [-0.2, 0) is 12.1 Å².